The summed E-state index contributed by atoms with van der Waals surface area (Å²) in [5.74, 6) is 0.858. The molecule has 94 valence electrons. The fourth-order valence-corrected chi connectivity index (χ4v) is 1.83. The number of hydrazine groups is 1. The van der Waals surface area contributed by atoms with Gasteiger partial charge < -0.3 is 9.47 Å². The highest BCUT2D eigenvalue weighted by atomic mass is 16.5. The molecule has 1 aliphatic rings. The number of pyridine rings is 1. The van der Waals surface area contributed by atoms with Crippen molar-refractivity contribution in [2.75, 3.05) is 33.4 Å². The molecular formula is C12H19N3O2. The van der Waals surface area contributed by atoms with Crippen LogP contribution >= 0.6 is 0 Å². The van der Waals surface area contributed by atoms with E-state index in [2.05, 4.69) is 15.4 Å². The Kier molecular flexibility index (Phi) is 4.30. The zero-order chi connectivity index (χ0) is 12.1. The Hall–Kier alpha value is -1.17. The lowest BCUT2D eigenvalue weighted by molar-refractivity contribution is 0.0103. The molecule has 0 aliphatic carbocycles. The van der Waals surface area contributed by atoms with Crippen LogP contribution in [0.5, 0.6) is 5.75 Å². The quantitative estimate of drug-likeness (QED) is 0.836. The molecule has 1 N–H and O–H groups in total. The van der Waals surface area contributed by atoms with Gasteiger partial charge in [-0.05, 0) is 6.92 Å². The first-order chi connectivity index (χ1) is 8.28. The molecule has 0 saturated carbocycles. The normalized spacial score (nSPS) is 17.1. The van der Waals surface area contributed by atoms with Gasteiger partial charge in [0, 0.05) is 30.9 Å². The van der Waals surface area contributed by atoms with Crippen LogP contribution in [0.25, 0.3) is 0 Å². The summed E-state index contributed by atoms with van der Waals surface area (Å²) in [6, 6.07) is 3.89. The van der Waals surface area contributed by atoms with E-state index in [1.54, 1.807) is 7.11 Å². The Morgan fingerprint density at radius 3 is 2.88 bits per heavy atom. The maximum absolute atomic E-state index is 5.29. The molecule has 5 heteroatoms. The van der Waals surface area contributed by atoms with E-state index in [4.69, 9.17) is 9.47 Å². The summed E-state index contributed by atoms with van der Waals surface area (Å²) in [4.78, 5) is 4.47. The van der Waals surface area contributed by atoms with Crippen LogP contribution in [0.4, 0.5) is 0 Å². The highest BCUT2D eigenvalue weighted by molar-refractivity contribution is 5.26. The second-order valence-electron chi connectivity index (χ2n) is 4.07. The van der Waals surface area contributed by atoms with Crippen molar-refractivity contribution in [3.05, 3.63) is 23.5 Å². The van der Waals surface area contributed by atoms with E-state index in [0.717, 1.165) is 50.0 Å². The molecule has 1 fully saturated rings. The molecule has 0 radical (unpaired) electrons. The van der Waals surface area contributed by atoms with Crippen LogP contribution in [0, 0.1) is 6.92 Å². The number of ether oxygens (including phenoxy) is 2. The molecule has 1 aromatic rings. The topological polar surface area (TPSA) is 46.6 Å². The first kappa shape index (κ1) is 12.3. The predicted molar refractivity (Wildman–Crippen MR) is 64.8 cm³/mol. The second-order valence-corrected chi connectivity index (χ2v) is 4.07. The van der Waals surface area contributed by atoms with Crippen LogP contribution in [-0.4, -0.2) is 43.4 Å². The van der Waals surface area contributed by atoms with Gasteiger partial charge in [-0.2, -0.15) is 0 Å². The van der Waals surface area contributed by atoms with Crippen LogP contribution in [0.1, 0.15) is 11.4 Å². The first-order valence-corrected chi connectivity index (χ1v) is 5.85. The molecule has 1 saturated heterocycles. The minimum absolute atomic E-state index is 0.720. The lowest BCUT2D eigenvalue weighted by atomic mass is 10.3. The molecule has 0 amide bonds. The highest BCUT2D eigenvalue weighted by Gasteiger charge is 2.10. The maximum atomic E-state index is 5.29. The van der Waals surface area contributed by atoms with Crippen molar-refractivity contribution in [1.29, 1.82) is 0 Å². The number of morpholine rings is 1. The Morgan fingerprint density at radius 2 is 2.18 bits per heavy atom. The number of aromatic nitrogens is 1. The first-order valence-electron chi connectivity index (χ1n) is 5.85. The van der Waals surface area contributed by atoms with Gasteiger partial charge in [-0.25, -0.2) is 10.4 Å². The summed E-state index contributed by atoms with van der Waals surface area (Å²) in [6.45, 7) is 6.11. The maximum Gasteiger partial charge on any atom is 0.122 e. The lowest BCUT2D eigenvalue weighted by Gasteiger charge is -2.27. The molecule has 2 heterocycles. The van der Waals surface area contributed by atoms with Gasteiger partial charge in [0.15, 0.2) is 0 Å². The smallest absolute Gasteiger partial charge is 0.122 e. The minimum atomic E-state index is 0.720. The number of hydrogen-bond donors (Lipinski definition) is 1. The van der Waals surface area contributed by atoms with Crippen LogP contribution in [0.15, 0.2) is 12.1 Å². The van der Waals surface area contributed by atoms with E-state index in [1.807, 2.05) is 19.1 Å². The van der Waals surface area contributed by atoms with Gasteiger partial charge in [0.1, 0.15) is 5.75 Å². The largest absolute Gasteiger partial charge is 0.497 e. The Balaban J connectivity index is 1.91. The molecule has 0 aromatic carbocycles. The van der Waals surface area contributed by atoms with Gasteiger partial charge >= 0.3 is 0 Å². The summed E-state index contributed by atoms with van der Waals surface area (Å²) in [6.07, 6.45) is 0. The molecular weight excluding hydrogens is 218 g/mol. The van der Waals surface area contributed by atoms with Crippen LogP contribution in [0.2, 0.25) is 0 Å². The van der Waals surface area contributed by atoms with E-state index in [0.29, 0.717) is 0 Å². The predicted octanol–water partition coefficient (Wildman–Crippen LogP) is 0.735. The van der Waals surface area contributed by atoms with E-state index >= 15 is 0 Å². The average molecular weight is 237 g/mol. The summed E-state index contributed by atoms with van der Waals surface area (Å²) in [5, 5.41) is 2.17. The summed E-state index contributed by atoms with van der Waals surface area (Å²) in [5.41, 5.74) is 5.32. The Bertz CT molecular complexity index is 365. The van der Waals surface area contributed by atoms with Crippen LogP contribution in [0.3, 0.4) is 0 Å². The Labute approximate surface area is 102 Å². The molecule has 0 spiro atoms. The summed E-state index contributed by atoms with van der Waals surface area (Å²) >= 11 is 0. The van der Waals surface area contributed by atoms with Gasteiger partial charge in [-0.15, -0.1) is 0 Å². The number of nitrogens with zero attached hydrogens (tertiary/aromatic N) is 2. The van der Waals surface area contributed by atoms with E-state index in [9.17, 15) is 0 Å². The molecule has 1 aliphatic heterocycles. The van der Waals surface area contributed by atoms with Crippen LogP contribution < -0.4 is 10.2 Å². The zero-order valence-electron chi connectivity index (χ0n) is 10.4. The monoisotopic (exact) mass is 237 g/mol. The van der Waals surface area contributed by atoms with Crippen molar-refractivity contribution in [2.24, 2.45) is 0 Å². The SMILES string of the molecule is COc1cc(C)nc(CNN2CCOCC2)c1. The van der Waals surface area contributed by atoms with E-state index < -0.39 is 0 Å². The Morgan fingerprint density at radius 1 is 1.41 bits per heavy atom. The van der Waals surface area contributed by atoms with Crippen molar-refractivity contribution in [3.63, 3.8) is 0 Å². The summed E-state index contributed by atoms with van der Waals surface area (Å²) < 4.78 is 10.5. The van der Waals surface area contributed by atoms with Gasteiger partial charge in [0.2, 0.25) is 0 Å². The molecule has 0 atom stereocenters. The van der Waals surface area contributed by atoms with Gasteiger partial charge in [-0.1, -0.05) is 0 Å². The molecule has 0 bridgehead atoms. The third kappa shape index (κ3) is 3.66. The van der Waals surface area contributed by atoms with Crippen molar-refractivity contribution in [3.8, 4) is 5.75 Å². The van der Waals surface area contributed by atoms with Gasteiger partial charge in [0.25, 0.3) is 0 Å². The molecule has 17 heavy (non-hydrogen) atoms. The fourth-order valence-electron chi connectivity index (χ4n) is 1.83. The highest BCUT2D eigenvalue weighted by Crippen LogP contribution is 2.13. The number of methoxy groups -OCH3 is 1. The third-order valence-corrected chi connectivity index (χ3v) is 2.71. The van der Waals surface area contributed by atoms with Crippen molar-refractivity contribution >= 4 is 0 Å². The molecule has 5 nitrogen and oxygen atoms in total. The second kappa shape index (κ2) is 5.95. The average Bonchev–Trinajstić information content (AvgIpc) is 2.37. The van der Waals surface area contributed by atoms with E-state index in [1.165, 1.54) is 0 Å². The van der Waals surface area contributed by atoms with Crippen molar-refractivity contribution in [1.82, 2.24) is 15.4 Å². The zero-order valence-corrected chi connectivity index (χ0v) is 10.4. The third-order valence-electron chi connectivity index (χ3n) is 2.71. The van der Waals surface area contributed by atoms with Crippen LogP contribution in [-0.2, 0) is 11.3 Å². The van der Waals surface area contributed by atoms with Gasteiger partial charge in [-0.3, -0.25) is 4.98 Å². The van der Waals surface area contributed by atoms with Crippen molar-refractivity contribution < 1.29 is 9.47 Å². The molecule has 1 aromatic heterocycles. The van der Waals surface area contributed by atoms with E-state index in [-0.39, 0.29) is 0 Å². The minimum Gasteiger partial charge on any atom is -0.497 e. The lowest BCUT2D eigenvalue weighted by Crippen LogP contribution is -2.45. The van der Waals surface area contributed by atoms with Crippen molar-refractivity contribution in [2.45, 2.75) is 13.5 Å². The number of aryl methyl sites for hydroxylation is 1. The number of hydrogen-bond acceptors (Lipinski definition) is 5. The van der Waals surface area contributed by atoms with Gasteiger partial charge in [0.05, 0.1) is 32.6 Å². The number of nitrogens with one attached hydrogen (secondary N) is 1. The fraction of sp³-hybridized carbons (Fsp3) is 0.583. The standard InChI is InChI=1S/C12H19N3O2/c1-10-7-12(16-2)8-11(14-10)9-13-15-3-5-17-6-4-15/h7-8,13H,3-6,9H2,1-2H3. The molecule has 0 unspecified atom stereocenters. The number of rotatable bonds is 4. The summed E-state index contributed by atoms with van der Waals surface area (Å²) in [7, 11) is 1.67. The molecule has 2 rings (SSSR count).